The Morgan fingerprint density at radius 3 is 2.63 bits per heavy atom. The molecule has 3 rings (SSSR count). The molecule has 0 spiro atoms. The highest BCUT2D eigenvalue weighted by atomic mass is 19.4. The quantitative estimate of drug-likeness (QED) is 0.680. The Labute approximate surface area is 105 Å². The van der Waals surface area contributed by atoms with Gasteiger partial charge in [0, 0.05) is 11.6 Å². The standard InChI is InChI=1S/C12H8F3N3O/c1-19-8-2-3-9-7(6-8)4-5-18-10(9)16-17-11(18)12(13,14)15/h2-6H,1H3. The highest BCUT2D eigenvalue weighted by molar-refractivity contribution is 5.94. The van der Waals surface area contributed by atoms with Gasteiger partial charge in [0.15, 0.2) is 5.65 Å². The molecule has 2 heterocycles. The van der Waals surface area contributed by atoms with Gasteiger partial charge in [0.05, 0.1) is 7.11 Å². The van der Waals surface area contributed by atoms with Crippen molar-refractivity contribution in [3.05, 3.63) is 36.3 Å². The van der Waals surface area contributed by atoms with Crippen LogP contribution in [0, 0.1) is 0 Å². The van der Waals surface area contributed by atoms with Gasteiger partial charge in [-0.25, -0.2) is 0 Å². The van der Waals surface area contributed by atoms with Crippen molar-refractivity contribution in [2.75, 3.05) is 7.11 Å². The van der Waals surface area contributed by atoms with E-state index in [0.29, 0.717) is 11.1 Å². The van der Waals surface area contributed by atoms with Gasteiger partial charge in [0.1, 0.15) is 5.75 Å². The van der Waals surface area contributed by atoms with Crippen LogP contribution in [0.25, 0.3) is 16.4 Å². The van der Waals surface area contributed by atoms with Gasteiger partial charge in [0.2, 0.25) is 5.82 Å². The number of alkyl halides is 3. The number of rotatable bonds is 1. The van der Waals surface area contributed by atoms with Gasteiger partial charge in [-0.3, -0.25) is 4.40 Å². The minimum atomic E-state index is -4.53. The largest absolute Gasteiger partial charge is 0.497 e. The summed E-state index contributed by atoms with van der Waals surface area (Å²) in [7, 11) is 1.53. The Hall–Kier alpha value is -2.31. The molecule has 0 saturated carbocycles. The van der Waals surface area contributed by atoms with E-state index in [9.17, 15) is 13.2 Å². The van der Waals surface area contributed by atoms with Gasteiger partial charge in [-0.05, 0) is 29.7 Å². The molecule has 0 saturated heterocycles. The van der Waals surface area contributed by atoms with Crippen LogP contribution in [-0.2, 0) is 6.18 Å². The lowest BCUT2D eigenvalue weighted by atomic mass is 10.1. The number of nitrogens with zero attached hydrogens (tertiary/aromatic N) is 3. The highest BCUT2D eigenvalue weighted by Gasteiger charge is 2.37. The Balaban J connectivity index is 2.33. The van der Waals surface area contributed by atoms with E-state index in [2.05, 4.69) is 10.2 Å². The second-order valence-electron chi connectivity index (χ2n) is 3.98. The summed E-state index contributed by atoms with van der Waals surface area (Å²) in [5, 5.41) is 8.17. The molecule has 0 unspecified atom stereocenters. The first-order valence-corrected chi connectivity index (χ1v) is 5.39. The number of methoxy groups -OCH3 is 1. The number of ether oxygens (including phenoxy) is 1. The fraction of sp³-hybridized carbons (Fsp3) is 0.167. The molecule has 0 fully saturated rings. The molecule has 0 N–H and O–H groups in total. The lowest BCUT2D eigenvalue weighted by Gasteiger charge is -2.06. The predicted molar refractivity (Wildman–Crippen MR) is 62.0 cm³/mol. The third-order valence-corrected chi connectivity index (χ3v) is 2.85. The van der Waals surface area contributed by atoms with Crippen LogP contribution in [-0.4, -0.2) is 21.7 Å². The van der Waals surface area contributed by atoms with Crippen molar-refractivity contribution in [1.29, 1.82) is 0 Å². The summed E-state index contributed by atoms with van der Waals surface area (Å²) in [5.41, 5.74) is 0.174. The van der Waals surface area contributed by atoms with Crippen molar-refractivity contribution in [3.8, 4) is 5.75 Å². The Morgan fingerprint density at radius 1 is 1.16 bits per heavy atom. The number of benzene rings is 1. The van der Waals surface area contributed by atoms with Gasteiger partial charge >= 0.3 is 6.18 Å². The molecule has 4 nitrogen and oxygen atoms in total. The molecule has 98 valence electrons. The third-order valence-electron chi connectivity index (χ3n) is 2.85. The second-order valence-corrected chi connectivity index (χ2v) is 3.98. The van der Waals surface area contributed by atoms with Crippen LogP contribution in [0.5, 0.6) is 5.75 Å². The molecule has 0 atom stereocenters. The highest BCUT2D eigenvalue weighted by Crippen LogP contribution is 2.30. The van der Waals surface area contributed by atoms with Crippen LogP contribution in [0.2, 0.25) is 0 Å². The second kappa shape index (κ2) is 3.84. The maximum atomic E-state index is 12.7. The van der Waals surface area contributed by atoms with E-state index in [0.717, 1.165) is 9.79 Å². The number of aromatic nitrogens is 3. The summed E-state index contributed by atoms with van der Waals surface area (Å²) in [5.74, 6) is -0.396. The molecule has 0 aliphatic carbocycles. The average molecular weight is 267 g/mol. The first-order valence-electron chi connectivity index (χ1n) is 5.39. The van der Waals surface area contributed by atoms with Crippen LogP contribution in [0.15, 0.2) is 30.5 Å². The molecular formula is C12H8F3N3O. The monoisotopic (exact) mass is 267 g/mol. The van der Waals surface area contributed by atoms with Crippen molar-refractivity contribution in [3.63, 3.8) is 0 Å². The summed E-state index contributed by atoms with van der Waals surface area (Å²) >= 11 is 0. The summed E-state index contributed by atoms with van der Waals surface area (Å²) in [6.45, 7) is 0. The molecule has 2 aromatic heterocycles. The van der Waals surface area contributed by atoms with Crippen molar-refractivity contribution in [2.45, 2.75) is 6.18 Å². The summed E-state index contributed by atoms with van der Waals surface area (Å²) < 4.78 is 44.2. The van der Waals surface area contributed by atoms with Crippen molar-refractivity contribution >= 4 is 16.4 Å². The Bertz CT molecular complexity index is 764. The number of hydrogen-bond donors (Lipinski definition) is 0. The molecule has 0 aliphatic heterocycles. The predicted octanol–water partition coefficient (Wildman–Crippen LogP) is 2.91. The van der Waals surface area contributed by atoms with E-state index in [1.54, 1.807) is 24.3 Å². The van der Waals surface area contributed by atoms with Crippen molar-refractivity contribution in [2.24, 2.45) is 0 Å². The van der Waals surface area contributed by atoms with Crippen molar-refractivity contribution in [1.82, 2.24) is 14.6 Å². The summed E-state index contributed by atoms with van der Waals surface area (Å²) in [6.07, 6.45) is -3.22. The third kappa shape index (κ3) is 1.78. The summed E-state index contributed by atoms with van der Waals surface area (Å²) in [4.78, 5) is 0. The van der Waals surface area contributed by atoms with Gasteiger partial charge < -0.3 is 4.74 Å². The van der Waals surface area contributed by atoms with Crippen LogP contribution in [0.3, 0.4) is 0 Å². The molecule has 3 aromatic rings. The molecule has 1 aromatic carbocycles. The Kier molecular flexibility index (Phi) is 2.38. The molecule has 7 heteroatoms. The van der Waals surface area contributed by atoms with Crippen LogP contribution in [0.4, 0.5) is 13.2 Å². The lowest BCUT2D eigenvalue weighted by Crippen LogP contribution is -2.10. The van der Waals surface area contributed by atoms with Gasteiger partial charge in [-0.15, -0.1) is 10.2 Å². The van der Waals surface area contributed by atoms with Gasteiger partial charge in [0.25, 0.3) is 0 Å². The minimum Gasteiger partial charge on any atom is -0.497 e. The molecular weight excluding hydrogens is 259 g/mol. The maximum absolute atomic E-state index is 12.7. The topological polar surface area (TPSA) is 39.4 Å². The molecule has 19 heavy (non-hydrogen) atoms. The van der Waals surface area contributed by atoms with Gasteiger partial charge in [-0.2, -0.15) is 13.2 Å². The number of pyridine rings is 1. The fourth-order valence-corrected chi connectivity index (χ4v) is 1.97. The fourth-order valence-electron chi connectivity index (χ4n) is 1.97. The normalized spacial score (nSPS) is 12.2. The first-order chi connectivity index (χ1) is 9.00. The van der Waals surface area contributed by atoms with E-state index >= 15 is 0 Å². The average Bonchev–Trinajstić information content (AvgIpc) is 2.81. The zero-order valence-electron chi connectivity index (χ0n) is 9.77. The summed E-state index contributed by atoms with van der Waals surface area (Å²) in [6, 6.07) is 6.64. The SMILES string of the molecule is COc1ccc2c(ccn3c(C(F)(F)F)nnc23)c1. The van der Waals surface area contributed by atoms with Crippen LogP contribution in [0.1, 0.15) is 5.82 Å². The zero-order valence-corrected chi connectivity index (χ0v) is 9.77. The number of halogens is 3. The Morgan fingerprint density at radius 2 is 1.95 bits per heavy atom. The molecule has 0 radical (unpaired) electrons. The first kappa shape index (κ1) is 11.8. The van der Waals surface area contributed by atoms with E-state index in [1.807, 2.05) is 0 Å². The molecule has 0 amide bonds. The van der Waals surface area contributed by atoms with Gasteiger partial charge in [-0.1, -0.05) is 0 Å². The smallest absolute Gasteiger partial charge is 0.452 e. The van der Waals surface area contributed by atoms with Crippen LogP contribution < -0.4 is 4.74 Å². The molecule has 0 aliphatic rings. The van der Waals surface area contributed by atoms with Crippen molar-refractivity contribution < 1.29 is 17.9 Å². The van der Waals surface area contributed by atoms with E-state index in [-0.39, 0.29) is 5.65 Å². The number of fused-ring (bicyclic) bond motifs is 3. The minimum absolute atomic E-state index is 0.174. The zero-order chi connectivity index (χ0) is 13.6. The lowest BCUT2D eigenvalue weighted by molar-refractivity contribution is -0.145. The van der Waals surface area contributed by atoms with E-state index < -0.39 is 12.0 Å². The van der Waals surface area contributed by atoms with Crippen LogP contribution >= 0.6 is 0 Å². The number of hydrogen-bond acceptors (Lipinski definition) is 3. The van der Waals surface area contributed by atoms with E-state index in [4.69, 9.17) is 4.74 Å². The molecule has 0 bridgehead atoms. The maximum Gasteiger partial charge on any atom is 0.452 e. The van der Waals surface area contributed by atoms with E-state index in [1.165, 1.54) is 13.3 Å².